The number of hydrogen-bond acceptors (Lipinski definition) is 4. The molecule has 0 amide bonds. The topological polar surface area (TPSA) is 72.2 Å². The van der Waals surface area contributed by atoms with Crippen LogP contribution in [0.25, 0.3) is 0 Å². The molecule has 16 heavy (non-hydrogen) atoms. The number of rotatable bonds is 4. The van der Waals surface area contributed by atoms with Crippen LogP contribution in [0.4, 0.5) is 0 Å². The second-order valence-corrected chi connectivity index (χ2v) is 8.05. The van der Waals surface area contributed by atoms with Crippen LogP contribution in [-0.4, -0.2) is 19.4 Å². The molecule has 0 aromatic carbocycles. The van der Waals surface area contributed by atoms with Gasteiger partial charge in [0.1, 0.15) is 4.21 Å². The number of thiophene rings is 1. The summed E-state index contributed by atoms with van der Waals surface area (Å²) in [7, 11) is -3.54. The molecular weight excluding hydrogens is 332 g/mol. The van der Waals surface area contributed by atoms with E-state index in [2.05, 4.69) is 20.7 Å². The quantitative estimate of drug-likeness (QED) is 0.818. The predicted molar refractivity (Wildman–Crippen MR) is 73.3 cm³/mol. The summed E-state index contributed by atoms with van der Waals surface area (Å²) < 4.78 is 27.2. The first-order chi connectivity index (χ1) is 7.24. The van der Waals surface area contributed by atoms with E-state index in [9.17, 15) is 8.42 Å². The Hall–Kier alpha value is -0.0200. The monoisotopic (exact) mass is 342 g/mol. The first-order valence-corrected chi connectivity index (χ1v) is 7.81. The molecule has 1 unspecified atom stereocenters. The molecule has 0 fully saturated rings. The van der Waals surface area contributed by atoms with E-state index in [0.29, 0.717) is 0 Å². The summed E-state index contributed by atoms with van der Waals surface area (Å²) in [6.07, 6.45) is 0. The summed E-state index contributed by atoms with van der Waals surface area (Å²) in [5, 5.41) is 0. The SMILES string of the molecule is Cc1cc(S(=O)(=O)NC(C)C(N)=S)sc1Br. The van der Waals surface area contributed by atoms with Gasteiger partial charge in [0.25, 0.3) is 10.0 Å². The van der Waals surface area contributed by atoms with Crippen LogP contribution in [0.15, 0.2) is 14.1 Å². The van der Waals surface area contributed by atoms with Gasteiger partial charge in [-0.2, -0.15) is 0 Å². The Bertz CT molecular complexity index is 490. The highest BCUT2D eigenvalue weighted by molar-refractivity contribution is 9.11. The number of sulfonamides is 1. The molecule has 0 saturated carbocycles. The van der Waals surface area contributed by atoms with Crippen molar-refractivity contribution in [2.24, 2.45) is 5.73 Å². The van der Waals surface area contributed by atoms with Crippen molar-refractivity contribution >= 4 is 54.5 Å². The molecule has 1 aromatic heterocycles. The highest BCUT2D eigenvalue weighted by atomic mass is 79.9. The Morgan fingerprint density at radius 3 is 2.62 bits per heavy atom. The molecule has 8 heteroatoms. The zero-order valence-electron chi connectivity index (χ0n) is 8.65. The van der Waals surface area contributed by atoms with E-state index in [-0.39, 0.29) is 9.20 Å². The van der Waals surface area contributed by atoms with Crippen LogP contribution in [0.1, 0.15) is 12.5 Å². The van der Waals surface area contributed by atoms with E-state index >= 15 is 0 Å². The fraction of sp³-hybridized carbons (Fsp3) is 0.375. The molecule has 0 aliphatic heterocycles. The second kappa shape index (κ2) is 5.09. The molecule has 1 rings (SSSR count). The van der Waals surface area contributed by atoms with Gasteiger partial charge in [-0.1, -0.05) is 12.2 Å². The molecule has 0 radical (unpaired) electrons. The Labute approximate surface area is 112 Å². The molecule has 3 N–H and O–H groups in total. The Morgan fingerprint density at radius 1 is 1.69 bits per heavy atom. The third-order valence-corrected chi connectivity index (χ3v) is 6.36. The predicted octanol–water partition coefficient (Wildman–Crippen LogP) is 1.77. The lowest BCUT2D eigenvalue weighted by atomic mass is 10.4. The van der Waals surface area contributed by atoms with Crippen LogP contribution >= 0.6 is 39.5 Å². The fourth-order valence-corrected chi connectivity index (χ4v) is 4.51. The molecule has 1 heterocycles. The average Bonchev–Trinajstić information content (AvgIpc) is 2.47. The number of thiocarbonyl (C=S) groups is 1. The number of hydrogen-bond donors (Lipinski definition) is 2. The van der Waals surface area contributed by atoms with Crippen molar-refractivity contribution in [1.82, 2.24) is 4.72 Å². The van der Waals surface area contributed by atoms with Crippen molar-refractivity contribution in [2.75, 3.05) is 0 Å². The van der Waals surface area contributed by atoms with Crippen molar-refractivity contribution in [2.45, 2.75) is 24.1 Å². The van der Waals surface area contributed by atoms with Crippen molar-refractivity contribution in [1.29, 1.82) is 0 Å². The van der Waals surface area contributed by atoms with E-state index in [1.165, 1.54) is 0 Å². The highest BCUT2D eigenvalue weighted by Crippen LogP contribution is 2.30. The van der Waals surface area contributed by atoms with Crippen LogP contribution in [-0.2, 0) is 10.0 Å². The molecule has 0 bridgehead atoms. The zero-order chi connectivity index (χ0) is 12.5. The van der Waals surface area contributed by atoms with Gasteiger partial charge in [-0.15, -0.1) is 11.3 Å². The number of nitrogens with two attached hydrogens (primary N) is 1. The first kappa shape index (κ1) is 14.0. The molecule has 1 aromatic rings. The molecule has 1 atom stereocenters. The summed E-state index contributed by atoms with van der Waals surface area (Å²) in [4.78, 5) is 0.121. The maximum atomic E-state index is 11.9. The van der Waals surface area contributed by atoms with Crippen LogP contribution in [0.5, 0.6) is 0 Å². The van der Waals surface area contributed by atoms with Crippen LogP contribution in [0.2, 0.25) is 0 Å². The Kier molecular flexibility index (Phi) is 4.47. The molecular formula is C8H11BrN2O2S3. The fourth-order valence-electron chi connectivity index (χ4n) is 0.913. The van der Waals surface area contributed by atoms with Gasteiger partial charge < -0.3 is 5.73 Å². The summed E-state index contributed by atoms with van der Waals surface area (Å²) in [6.45, 7) is 3.44. The van der Waals surface area contributed by atoms with Gasteiger partial charge >= 0.3 is 0 Å². The Balaban J connectivity index is 2.99. The van der Waals surface area contributed by atoms with Gasteiger partial charge in [0, 0.05) is 0 Å². The standard InChI is InChI=1S/C8H11BrN2O2S3/c1-4-3-6(15-7(4)9)16(12,13)11-5(2)8(10)14/h3,5,11H,1-2H3,(H2,10,14). The minimum Gasteiger partial charge on any atom is -0.392 e. The van der Waals surface area contributed by atoms with Crippen molar-refractivity contribution in [3.8, 4) is 0 Å². The van der Waals surface area contributed by atoms with Gasteiger partial charge in [-0.3, -0.25) is 0 Å². The van der Waals surface area contributed by atoms with Crippen LogP contribution in [0, 0.1) is 6.92 Å². The van der Waals surface area contributed by atoms with Crippen molar-refractivity contribution in [3.63, 3.8) is 0 Å². The lowest BCUT2D eigenvalue weighted by molar-refractivity contribution is 0.581. The number of nitrogens with one attached hydrogen (secondary N) is 1. The average molecular weight is 343 g/mol. The van der Waals surface area contributed by atoms with Gasteiger partial charge in [-0.25, -0.2) is 13.1 Å². The van der Waals surface area contributed by atoms with E-state index in [1.807, 2.05) is 6.92 Å². The van der Waals surface area contributed by atoms with Crippen molar-refractivity contribution in [3.05, 3.63) is 15.4 Å². The van der Waals surface area contributed by atoms with E-state index < -0.39 is 16.1 Å². The smallest absolute Gasteiger partial charge is 0.250 e. The highest BCUT2D eigenvalue weighted by Gasteiger charge is 2.21. The zero-order valence-corrected chi connectivity index (χ0v) is 12.7. The summed E-state index contributed by atoms with van der Waals surface area (Å²) in [6, 6.07) is 1.05. The molecule has 90 valence electrons. The number of halogens is 1. The molecule has 0 aliphatic carbocycles. The number of aryl methyl sites for hydroxylation is 1. The second-order valence-electron chi connectivity index (χ2n) is 3.27. The van der Waals surface area contributed by atoms with Gasteiger partial charge in [0.2, 0.25) is 0 Å². The largest absolute Gasteiger partial charge is 0.392 e. The van der Waals surface area contributed by atoms with Crippen LogP contribution in [0.3, 0.4) is 0 Å². The molecule has 0 aliphatic rings. The minimum absolute atomic E-state index is 0.121. The van der Waals surface area contributed by atoms with E-state index in [4.69, 9.17) is 18.0 Å². The summed E-state index contributed by atoms with van der Waals surface area (Å²) >= 11 is 9.15. The summed E-state index contributed by atoms with van der Waals surface area (Å²) in [5.41, 5.74) is 6.24. The van der Waals surface area contributed by atoms with Crippen molar-refractivity contribution < 1.29 is 8.42 Å². The normalized spacial score (nSPS) is 13.7. The maximum absolute atomic E-state index is 11.9. The van der Waals surface area contributed by atoms with Gasteiger partial charge in [0.15, 0.2) is 0 Å². The third-order valence-electron chi connectivity index (χ3n) is 1.86. The first-order valence-electron chi connectivity index (χ1n) is 4.31. The van der Waals surface area contributed by atoms with Crippen LogP contribution < -0.4 is 10.5 Å². The Morgan fingerprint density at radius 2 is 2.25 bits per heavy atom. The summed E-state index contributed by atoms with van der Waals surface area (Å²) in [5.74, 6) is 0. The molecule has 0 spiro atoms. The minimum atomic E-state index is -3.54. The lowest BCUT2D eigenvalue weighted by Crippen LogP contribution is -2.40. The molecule has 4 nitrogen and oxygen atoms in total. The molecule has 0 saturated heterocycles. The van der Waals surface area contributed by atoms with E-state index in [0.717, 1.165) is 20.7 Å². The van der Waals surface area contributed by atoms with E-state index in [1.54, 1.807) is 13.0 Å². The third kappa shape index (κ3) is 3.24. The maximum Gasteiger partial charge on any atom is 0.250 e. The van der Waals surface area contributed by atoms with Gasteiger partial charge in [-0.05, 0) is 41.4 Å². The van der Waals surface area contributed by atoms with Gasteiger partial charge in [0.05, 0.1) is 14.8 Å². The lowest BCUT2D eigenvalue weighted by Gasteiger charge is -2.10.